The van der Waals surface area contributed by atoms with E-state index in [-0.39, 0.29) is 0 Å². The van der Waals surface area contributed by atoms with Crippen LogP contribution in [0.4, 0.5) is 0 Å². The van der Waals surface area contributed by atoms with Gasteiger partial charge in [0.1, 0.15) is 0 Å². The summed E-state index contributed by atoms with van der Waals surface area (Å²) < 4.78 is 99.5. The van der Waals surface area contributed by atoms with Gasteiger partial charge < -0.3 is 0 Å². The van der Waals surface area contributed by atoms with Crippen LogP contribution >= 0.6 is 42.4 Å². The van der Waals surface area contributed by atoms with Crippen LogP contribution in [0.2, 0.25) is 0 Å². The van der Waals surface area contributed by atoms with Crippen LogP contribution in [0.25, 0.3) is 0 Å². The van der Waals surface area contributed by atoms with E-state index < -0.39 is 42.4 Å². The molecule has 27 heteroatoms. The molecule has 0 aromatic carbocycles. The van der Waals surface area contributed by atoms with E-state index in [0.717, 1.165) is 0 Å². The molecule has 6 atom stereocenters. The summed E-state index contributed by atoms with van der Waals surface area (Å²) in [5.41, 5.74) is 0. The van der Waals surface area contributed by atoms with Gasteiger partial charge in [0.05, 0.1) is 9.35 Å². The molecule has 0 amide bonds. The maximum absolute atomic E-state index is 13.2. The molecule has 3 fully saturated rings. The Bertz CT molecular complexity index is 735. The number of hydrogen-bond donors (Lipinski definition) is 0. The minimum atomic E-state index is -6.18. The predicted octanol–water partition coefficient (Wildman–Crippen LogP) is 3.43. The lowest BCUT2D eigenvalue weighted by Gasteiger charge is -2.17. The highest BCUT2D eigenvalue weighted by Crippen LogP contribution is 3.18. The van der Waals surface area contributed by atoms with Gasteiger partial charge in [-0.3, -0.25) is 9.13 Å². The van der Waals surface area contributed by atoms with E-state index in [2.05, 4.69) is 73.4 Å². The van der Waals surface area contributed by atoms with E-state index in [0.29, 0.717) is 0 Å². The SMILES string of the molecule is O=[P+]1OOOOOP1(=O)P1(=O)OOOOOP1(=O)P1(=O)OOOOO[P+]1=O. The highest BCUT2D eigenvalue weighted by Gasteiger charge is 2.90. The van der Waals surface area contributed by atoms with Crippen molar-refractivity contribution < 1.29 is 101 Å². The van der Waals surface area contributed by atoms with Crippen molar-refractivity contribution >= 4 is 42.4 Å². The fourth-order valence-corrected chi connectivity index (χ4v) is 38.4. The largest absolute Gasteiger partial charge is 0.636 e. The van der Waals surface area contributed by atoms with Crippen molar-refractivity contribution in [3.8, 4) is 0 Å². The van der Waals surface area contributed by atoms with Crippen molar-refractivity contribution in [2.75, 3.05) is 0 Å². The average molecular weight is 522 g/mol. The Balaban J connectivity index is 2.21. The summed E-state index contributed by atoms with van der Waals surface area (Å²) in [5, 5.41) is 32.4. The van der Waals surface area contributed by atoms with Gasteiger partial charge in [-0.25, -0.2) is 9.13 Å². The maximum atomic E-state index is 13.2. The third-order valence-corrected chi connectivity index (χ3v) is 35.8. The summed E-state index contributed by atoms with van der Waals surface area (Å²) >= 11 is 0. The first-order chi connectivity index (χ1) is 12.7. The van der Waals surface area contributed by atoms with Crippen LogP contribution in [0.1, 0.15) is 0 Å². The first-order valence-electron chi connectivity index (χ1n) is 5.19. The lowest BCUT2D eigenvalue weighted by atomic mass is 14.3. The monoisotopic (exact) mass is 522 g/mol. The zero-order valence-corrected chi connectivity index (χ0v) is 16.6. The van der Waals surface area contributed by atoms with Crippen LogP contribution in [0.15, 0.2) is 0 Å². The van der Waals surface area contributed by atoms with Crippen molar-refractivity contribution in [3.63, 3.8) is 0 Å². The van der Waals surface area contributed by atoms with E-state index in [1.807, 2.05) is 0 Å². The highest BCUT2D eigenvalue weighted by molar-refractivity contribution is 8.92. The number of rotatable bonds is 2. The van der Waals surface area contributed by atoms with E-state index in [1.54, 1.807) is 0 Å². The summed E-state index contributed by atoms with van der Waals surface area (Å²) in [6, 6.07) is 0. The Hall–Kier alpha value is 0.520. The molecule has 21 nitrogen and oxygen atoms in total. The Morgan fingerprint density at radius 3 is 1.19 bits per heavy atom. The fraction of sp³-hybridized carbons (Fsp3) is 0. The van der Waals surface area contributed by atoms with Gasteiger partial charge in [0.15, 0.2) is 0 Å². The lowest BCUT2D eigenvalue weighted by Crippen LogP contribution is -1.97. The molecule has 0 radical (unpaired) electrons. The number of hydrogen-bond acceptors (Lipinski definition) is 21. The van der Waals surface area contributed by atoms with Gasteiger partial charge in [-0.15, -0.1) is 9.35 Å². The third-order valence-electron chi connectivity index (χ3n) is 2.24. The standard InChI is InChI=1S/O21P6/c1-22-16-10-7-12-18-24(22,3)26(5)20-14-9-15-21-27(26,6)25(4)19-13-8-11-17-23(25)2/q+2. The van der Waals surface area contributed by atoms with Crippen LogP contribution in [-0.4, -0.2) is 0 Å². The second kappa shape index (κ2) is 8.34. The van der Waals surface area contributed by atoms with Gasteiger partial charge in [-0.2, -0.15) is 0 Å². The molecule has 3 saturated heterocycles. The first-order valence-corrected chi connectivity index (χ1v) is 17.6. The zero-order chi connectivity index (χ0) is 19.8. The molecule has 0 N–H and O–H groups in total. The first kappa shape index (κ1) is 22.2. The molecule has 27 heavy (non-hydrogen) atoms. The van der Waals surface area contributed by atoms with Gasteiger partial charge in [0, 0.05) is 10.1 Å². The third kappa shape index (κ3) is 3.50. The molecule has 154 valence electrons. The van der Waals surface area contributed by atoms with Crippen LogP contribution < -0.4 is 0 Å². The van der Waals surface area contributed by atoms with Gasteiger partial charge in [-0.05, 0) is 44.4 Å². The second-order valence-electron chi connectivity index (χ2n) is 3.50. The fourth-order valence-electron chi connectivity index (χ4n) is 1.18. The minimum absolute atomic E-state index is 3.55. The van der Waals surface area contributed by atoms with Crippen molar-refractivity contribution in [1.29, 1.82) is 0 Å². The molecular weight excluding hydrogens is 522 g/mol. The summed E-state index contributed by atoms with van der Waals surface area (Å²) in [6.07, 6.45) is 0. The Labute approximate surface area is 144 Å². The molecule has 0 saturated carbocycles. The molecule has 3 aliphatic heterocycles. The van der Waals surface area contributed by atoms with Crippen LogP contribution in [0, 0.1) is 0 Å². The predicted molar refractivity (Wildman–Crippen MR) is 61.9 cm³/mol. The molecule has 3 heterocycles. The summed E-state index contributed by atoms with van der Waals surface area (Å²) in [5.74, 6) is 0. The normalized spacial score (nSPS) is 47.6. The van der Waals surface area contributed by atoms with Gasteiger partial charge in [-0.1, -0.05) is 9.35 Å². The molecule has 0 aromatic heterocycles. The molecule has 3 rings (SSSR count). The van der Waals surface area contributed by atoms with E-state index >= 15 is 0 Å². The van der Waals surface area contributed by atoms with E-state index in [4.69, 9.17) is 0 Å². The van der Waals surface area contributed by atoms with Crippen molar-refractivity contribution in [1.82, 2.24) is 0 Å². The van der Waals surface area contributed by atoms with E-state index in [1.165, 1.54) is 0 Å². The molecular formula is O21P6+2. The van der Waals surface area contributed by atoms with Crippen molar-refractivity contribution in [2.45, 2.75) is 0 Å². The van der Waals surface area contributed by atoms with Crippen molar-refractivity contribution in [3.05, 3.63) is 0 Å². The zero-order valence-electron chi connectivity index (χ0n) is 11.3. The van der Waals surface area contributed by atoms with Gasteiger partial charge >= 0.3 is 42.4 Å². The smallest absolute Gasteiger partial charge is 0.263 e. The van der Waals surface area contributed by atoms with Crippen LogP contribution in [0.3, 0.4) is 0 Å². The highest BCUT2D eigenvalue weighted by atomic mass is 32.9. The molecule has 3 aliphatic rings. The van der Waals surface area contributed by atoms with Crippen molar-refractivity contribution in [2.24, 2.45) is 0 Å². The quantitative estimate of drug-likeness (QED) is 0.372. The second-order valence-corrected chi connectivity index (χ2v) is 27.7. The Morgan fingerprint density at radius 1 is 0.444 bits per heavy atom. The average Bonchev–Trinajstić information content (AvgIpc) is 2.99. The summed E-state index contributed by atoms with van der Waals surface area (Å²) in [7, 11) is -8.01. The molecule has 0 aliphatic carbocycles. The van der Waals surface area contributed by atoms with Gasteiger partial charge in [0.25, 0.3) is 0 Å². The summed E-state index contributed by atoms with van der Waals surface area (Å²) in [4.78, 5) is 0. The maximum Gasteiger partial charge on any atom is 0.636 e. The Kier molecular flexibility index (Phi) is 6.86. The van der Waals surface area contributed by atoms with Crippen LogP contribution in [0.5, 0.6) is 0 Å². The molecule has 6 unspecified atom stereocenters. The van der Waals surface area contributed by atoms with Gasteiger partial charge in [0.2, 0.25) is 0 Å². The molecule has 0 bridgehead atoms. The summed E-state index contributed by atoms with van der Waals surface area (Å²) in [6.45, 7) is -24.0. The Morgan fingerprint density at radius 2 is 0.778 bits per heavy atom. The molecule has 0 spiro atoms. The molecule has 0 aromatic rings. The van der Waals surface area contributed by atoms with E-state index in [9.17, 15) is 27.4 Å². The topological polar surface area (TPSA) is 241 Å². The minimum Gasteiger partial charge on any atom is -0.263 e. The van der Waals surface area contributed by atoms with Crippen LogP contribution in [-0.2, 0) is 101 Å². The lowest BCUT2D eigenvalue weighted by molar-refractivity contribution is -0.670.